The molecule has 4 aromatic rings. The highest BCUT2D eigenvalue weighted by molar-refractivity contribution is 7.13. The number of carbonyl (C=O) groups is 1. The van der Waals surface area contributed by atoms with Gasteiger partial charge in [-0.3, -0.25) is 4.79 Å². The van der Waals surface area contributed by atoms with Crippen molar-refractivity contribution >= 4 is 23.0 Å². The Labute approximate surface area is 208 Å². The highest BCUT2D eigenvalue weighted by atomic mass is 32.1. The normalized spacial score (nSPS) is 11.3. The molecule has 0 amide bonds. The standard InChI is InChI=1S/C27H26N2O5S/c1-19-24(28-27(34-19)25-9-6-16-35-25)18-32-22-12-10-20(11-13-22)17-33-29-23(14-15-26(30)31-2)21-7-4-3-5-8-21/h3-13,16H,14-15,17-18H2,1-2H3. The first-order valence-electron chi connectivity index (χ1n) is 11.2. The molecule has 35 heavy (non-hydrogen) atoms. The van der Waals surface area contributed by atoms with Gasteiger partial charge in [0.2, 0.25) is 5.89 Å². The number of hydrogen-bond acceptors (Lipinski definition) is 8. The summed E-state index contributed by atoms with van der Waals surface area (Å²) < 4.78 is 16.4. The van der Waals surface area contributed by atoms with Gasteiger partial charge in [-0.2, -0.15) is 0 Å². The lowest BCUT2D eigenvalue weighted by Crippen LogP contribution is -2.08. The second-order valence-electron chi connectivity index (χ2n) is 7.69. The first-order valence-corrected chi connectivity index (χ1v) is 12.0. The molecule has 0 aliphatic carbocycles. The number of esters is 1. The van der Waals surface area contributed by atoms with E-state index in [1.807, 2.05) is 79.0 Å². The fraction of sp³-hybridized carbons (Fsp3) is 0.222. The van der Waals surface area contributed by atoms with Gasteiger partial charge in [0, 0.05) is 6.42 Å². The van der Waals surface area contributed by atoms with Crippen molar-refractivity contribution in [3.05, 3.63) is 94.7 Å². The van der Waals surface area contributed by atoms with Gasteiger partial charge in [0.1, 0.15) is 30.4 Å². The first-order chi connectivity index (χ1) is 17.1. The van der Waals surface area contributed by atoms with Crippen molar-refractivity contribution in [2.24, 2.45) is 5.16 Å². The number of ether oxygens (including phenoxy) is 2. The highest BCUT2D eigenvalue weighted by Crippen LogP contribution is 2.26. The summed E-state index contributed by atoms with van der Waals surface area (Å²) in [6, 6.07) is 21.2. The van der Waals surface area contributed by atoms with Crippen molar-refractivity contribution in [3.63, 3.8) is 0 Å². The van der Waals surface area contributed by atoms with Crippen LogP contribution in [-0.2, 0) is 27.6 Å². The number of rotatable bonds is 11. The third-order valence-electron chi connectivity index (χ3n) is 5.23. The summed E-state index contributed by atoms with van der Waals surface area (Å²) in [4.78, 5) is 22.7. The predicted octanol–water partition coefficient (Wildman–Crippen LogP) is 6.16. The van der Waals surface area contributed by atoms with Gasteiger partial charge in [-0.05, 0) is 41.6 Å². The second-order valence-corrected chi connectivity index (χ2v) is 8.63. The van der Waals surface area contributed by atoms with E-state index in [4.69, 9.17) is 18.7 Å². The maximum atomic E-state index is 11.6. The van der Waals surface area contributed by atoms with Gasteiger partial charge in [-0.15, -0.1) is 11.3 Å². The van der Waals surface area contributed by atoms with Crippen LogP contribution in [0.1, 0.15) is 35.4 Å². The van der Waals surface area contributed by atoms with E-state index >= 15 is 0 Å². The van der Waals surface area contributed by atoms with E-state index in [0.29, 0.717) is 31.2 Å². The third kappa shape index (κ3) is 6.80. The molecule has 0 N–H and O–H groups in total. The zero-order valence-corrected chi connectivity index (χ0v) is 20.4. The van der Waals surface area contributed by atoms with Gasteiger partial charge >= 0.3 is 5.97 Å². The summed E-state index contributed by atoms with van der Waals surface area (Å²) in [5.74, 6) is 1.80. The SMILES string of the molecule is COC(=O)CCC(=NOCc1ccc(OCc2nc(-c3cccs3)oc2C)cc1)c1ccccc1. The van der Waals surface area contributed by atoms with Crippen molar-refractivity contribution in [1.29, 1.82) is 0 Å². The first kappa shape index (κ1) is 24.2. The van der Waals surface area contributed by atoms with E-state index in [0.717, 1.165) is 33.2 Å². The number of oxime groups is 1. The van der Waals surface area contributed by atoms with Crippen LogP contribution in [0.2, 0.25) is 0 Å². The van der Waals surface area contributed by atoms with Crippen LogP contribution < -0.4 is 4.74 Å². The van der Waals surface area contributed by atoms with Crippen molar-refractivity contribution in [1.82, 2.24) is 4.98 Å². The number of methoxy groups -OCH3 is 1. The van der Waals surface area contributed by atoms with Crippen LogP contribution in [0.3, 0.4) is 0 Å². The lowest BCUT2D eigenvalue weighted by molar-refractivity contribution is -0.140. The largest absolute Gasteiger partial charge is 0.487 e. The van der Waals surface area contributed by atoms with Crippen LogP contribution in [0.15, 0.2) is 81.7 Å². The van der Waals surface area contributed by atoms with Crippen molar-refractivity contribution in [2.75, 3.05) is 7.11 Å². The molecule has 0 saturated carbocycles. The van der Waals surface area contributed by atoms with Crippen LogP contribution in [0.4, 0.5) is 0 Å². The number of aromatic nitrogens is 1. The van der Waals surface area contributed by atoms with Crippen molar-refractivity contribution < 1.29 is 23.5 Å². The fourth-order valence-corrected chi connectivity index (χ4v) is 3.93. The van der Waals surface area contributed by atoms with Gasteiger partial charge in [0.05, 0.1) is 24.1 Å². The van der Waals surface area contributed by atoms with Gasteiger partial charge in [-0.25, -0.2) is 4.98 Å². The summed E-state index contributed by atoms with van der Waals surface area (Å²) in [7, 11) is 1.38. The van der Waals surface area contributed by atoms with Crippen LogP contribution in [-0.4, -0.2) is 23.8 Å². The minimum Gasteiger partial charge on any atom is -0.487 e. The fourth-order valence-electron chi connectivity index (χ4n) is 3.28. The van der Waals surface area contributed by atoms with Gasteiger partial charge in [0.15, 0.2) is 0 Å². The smallest absolute Gasteiger partial charge is 0.305 e. The summed E-state index contributed by atoms with van der Waals surface area (Å²) in [5.41, 5.74) is 3.32. The average Bonchev–Trinajstić information content (AvgIpc) is 3.56. The Balaban J connectivity index is 1.32. The van der Waals surface area contributed by atoms with Gasteiger partial charge in [0.25, 0.3) is 0 Å². The molecule has 0 atom stereocenters. The van der Waals surface area contributed by atoms with E-state index in [1.54, 1.807) is 11.3 Å². The zero-order chi connectivity index (χ0) is 24.5. The zero-order valence-electron chi connectivity index (χ0n) is 19.6. The monoisotopic (exact) mass is 490 g/mol. The number of thiophene rings is 1. The molecule has 0 aliphatic heterocycles. The van der Waals surface area contributed by atoms with Gasteiger partial charge < -0.3 is 18.7 Å². The van der Waals surface area contributed by atoms with Crippen LogP contribution >= 0.6 is 11.3 Å². The Morgan fingerprint density at radius 2 is 1.80 bits per heavy atom. The molecular weight excluding hydrogens is 464 g/mol. The summed E-state index contributed by atoms with van der Waals surface area (Å²) in [6.07, 6.45) is 0.665. The molecule has 7 nitrogen and oxygen atoms in total. The third-order valence-corrected chi connectivity index (χ3v) is 6.09. The highest BCUT2D eigenvalue weighted by Gasteiger charge is 2.13. The van der Waals surface area contributed by atoms with Gasteiger partial charge in [-0.1, -0.05) is 53.7 Å². The van der Waals surface area contributed by atoms with E-state index < -0.39 is 0 Å². The minimum absolute atomic E-state index is 0.236. The molecule has 2 heterocycles. The van der Waals surface area contributed by atoms with Crippen molar-refractivity contribution in [2.45, 2.75) is 33.0 Å². The lowest BCUT2D eigenvalue weighted by atomic mass is 10.1. The molecule has 0 bridgehead atoms. The van der Waals surface area contributed by atoms with Crippen molar-refractivity contribution in [3.8, 4) is 16.5 Å². The predicted molar refractivity (Wildman–Crippen MR) is 134 cm³/mol. The van der Waals surface area contributed by atoms with E-state index in [-0.39, 0.29) is 12.4 Å². The summed E-state index contributed by atoms with van der Waals surface area (Å²) >= 11 is 1.59. The topological polar surface area (TPSA) is 83.2 Å². The van der Waals surface area contributed by atoms with Crippen LogP contribution in [0.5, 0.6) is 5.75 Å². The molecule has 8 heteroatoms. The van der Waals surface area contributed by atoms with Crippen LogP contribution in [0, 0.1) is 6.92 Å². The molecule has 0 spiro atoms. The molecule has 0 saturated heterocycles. The average molecular weight is 491 g/mol. The van der Waals surface area contributed by atoms with E-state index in [2.05, 4.69) is 10.1 Å². The Kier molecular flexibility index (Phi) is 8.30. The van der Waals surface area contributed by atoms with E-state index in [9.17, 15) is 4.79 Å². The Morgan fingerprint density at radius 1 is 1.00 bits per heavy atom. The quantitative estimate of drug-likeness (QED) is 0.142. The molecule has 180 valence electrons. The molecule has 0 fully saturated rings. The number of oxazole rings is 1. The lowest BCUT2D eigenvalue weighted by Gasteiger charge is -2.08. The number of aryl methyl sites for hydroxylation is 1. The molecule has 0 unspecified atom stereocenters. The number of benzene rings is 2. The van der Waals surface area contributed by atoms with Crippen LogP contribution in [0.25, 0.3) is 10.8 Å². The number of nitrogens with zero attached hydrogens (tertiary/aromatic N) is 2. The maximum absolute atomic E-state index is 11.6. The number of carbonyl (C=O) groups excluding carboxylic acids is 1. The van der Waals surface area contributed by atoms with E-state index in [1.165, 1.54) is 7.11 Å². The minimum atomic E-state index is -0.284. The second kappa shape index (κ2) is 12.0. The Bertz CT molecular complexity index is 1250. The summed E-state index contributed by atoms with van der Waals surface area (Å²) in [6.45, 7) is 2.50. The molecular formula is C27H26N2O5S. The molecule has 0 aliphatic rings. The summed E-state index contributed by atoms with van der Waals surface area (Å²) in [5, 5.41) is 6.28. The Morgan fingerprint density at radius 3 is 2.51 bits per heavy atom. The molecule has 4 rings (SSSR count). The number of hydrogen-bond donors (Lipinski definition) is 0. The molecule has 0 radical (unpaired) electrons. The molecule has 2 aromatic heterocycles. The molecule has 2 aromatic carbocycles. The maximum Gasteiger partial charge on any atom is 0.305 e. The Hall–Kier alpha value is -3.91.